The van der Waals surface area contributed by atoms with Gasteiger partial charge in [0.2, 0.25) is 0 Å². The van der Waals surface area contributed by atoms with E-state index in [9.17, 15) is 19.2 Å². The van der Waals surface area contributed by atoms with Gasteiger partial charge in [-0.25, -0.2) is 24.2 Å². The predicted octanol–water partition coefficient (Wildman–Crippen LogP) is 18.7. The summed E-state index contributed by atoms with van der Waals surface area (Å²) in [5, 5.41) is 0. The van der Waals surface area contributed by atoms with E-state index in [1.165, 1.54) is 62.8 Å². The largest absolute Gasteiger partial charge is 0.489 e. The van der Waals surface area contributed by atoms with Gasteiger partial charge in [-0.15, -0.1) is 0 Å². The Kier molecular flexibility index (Phi) is 18.9. The Morgan fingerprint density at radius 1 is 0.333 bits per heavy atom. The van der Waals surface area contributed by atoms with E-state index in [-0.39, 0.29) is 50.5 Å². The number of benzene rings is 8. The van der Waals surface area contributed by atoms with E-state index in [0.717, 1.165) is 96.6 Å². The highest BCUT2D eigenvalue weighted by molar-refractivity contribution is 5.99. The van der Waals surface area contributed by atoms with Gasteiger partial charge < -0.3 is 33.2 Å². The van der Waals surface area contributed by atoms with Gasteiger partial charge in [0, 0.05) is 17.2 Å². The zero-order chi connectivity index (χ0) is 68.8. The fourth-order valence-electron chi connectivity index (χ4n) is 12.8. The number of rotatable bonds is 16. The van der Waals surface area contributed by atoms with Gasteiger partial charge in [0.15, 0.2) is 0 Å². The first-order chi connectivity index (χ1) is 45.5. The maximum absolute atomic E-state index is 13.1. The van der Waals surface area contributed by atoms with Crippen LogP contribution in [0.1, 0.15) is 186 Å². The number of carbonyl (C=O) groups is 4. The summed E-state index contributed by atoms with van der Waals surface area (Å²) in [6, 6.07) is 50.3. The van der Waals surface area contributed by atoms with E-state index in [4.69, 9.17) is 38.1 Å². The van der Waals surface area contributed by atoms with Gasteiger partial charge in [0.25, 0.3) is 0 Å². The zero-order valence-corrected chi connectivity index (χ0v) is 58.3. The molecule has 0 bridgehead atoms. The predicted molar refractivity (Wildman–Crippen MR) is 379 cm³/mol. The summed E-state index contributed by atoms with van der Waals surface area (Å²) in [7, 11) is 5.23. The van der Waals surface area contributed by atoms with Crippen LogP contribution in [-0.4, -0.2) is 57.3 Å². The van der Waals surface area contributed by atoms with Crippen LogP contribution in [0.3, 0.4) is 0 Å². The molecule has 0 amide bonds. The van der Waals surface area contributed by atoms with Crippen LogP contribution >= 0.6 is 0 Å². The number of methoxy groups -OCH3 is 4. The number of fused-ring (bicyclic) bond motifs is 6. The molecule has 0 N–H and O–H groups in total. The summed E-state index contributed by atoms with van der Waals surface area (Å²) in [5.74, 6) is -0.297. The lowest BCUT2D eigenvalue weighted by atomic mass is 9.77. The standard InChI is InChI=1S/C84H87NO11/c1-81(2,3)63-29-49(30-64(43-63)82(4,5)6)46-95-68-33-51(34-69(45-68)96-47-50-31-65(83(7,8)9)44-66(32-50)84(10,11)12)48-94-67-25-21-54(22-26-67)74-70-27-23-52-17-19-55(57-35-59(77(86)90-13)39-60(36-57)78(87)91-14)41-72(52)75(70)85-76-71(74)28-24-53-18-20-56(42-73(53)76)58-37-61(79(88)92-15)40-62(38-58)80(89)93-16/h17-22,25-26,29-45H,23-24,27-28,46-48H2,1-16H3. The van der Waals surface area contributed by atoms with Crippen molar-refractivity contribution in [2.24, 2.45) is 0 Å². The van der Waals surface area contributed by atoms with Gasteiger partial charge in [-0.3, -0.25) is 0 Å². The van der Waals surface area contributed by atoms with Gasteiger partial charge in [-0.2, -0.15) is 0 Å². The highest BCUT2D eigenvalue weighted by atomic mass is 16.5. The van der Waals surface area contributed by atoms with Gasteiger partial charge in [0.1, 0.15) is 37.1 Å². The number of pyridine rings is 1. The van der Waals surface area contributed by atoms with Crippen molar-refractivity contribution in [2.45, 2.75) is 150 Å². The molecule has 1 heterocycles. The molecule has 9 aromatic rings. The van der Waals surface area contributed by atoms with Gasteiger partial charge in [-0.05, 0) is 215 Å². The summed E-state index contributed by atoms with van der Waals surface area (Å²) in [5.41, 5.74) is 21.6. The Hall–Kier alpha value is -9.81. The Labute approximate surface area is 565 Å². The third-order valence-corrected chi connectivity index (χ3v) is 18.4. The van der Waals surface area contributed by atoms with Crippen LogP contribution in [0.4, 0.5) is 0 Å². The summed E-state index contributed by atoms with van der Waals surface area (Å²) in [6.07, 6.45) is 2.91. The van der Waals surface area contributed by atoms with Crippen LogP contribution in [0.2, 0.25) is 0 Å². The molecule has 0 aliphatic heterocycles. The monoisotopic (exact) mass is 1290 g/mol. The summed E-state index contributed by atoms with van der Waals surface area (Å²) < 4.78 is 40.7. The highest BCUT2D eigenvalue weighted by Gasteiger charge is 2.31. The number of nitrogens with zero attached hydrogens (tertiary/aromatic N) is 1. The molecule has 1 aromatic heterocycles. The Morgan fingerprint density at radius 3 is 0.990 bits per heavy atom. The Morgan fingerprint density at radius 2 is 0.656 bits per heavy atom. The van der Waals surface area contributed by atoms with Crippen LogP contribution < -0.4 is 14.2 Å². The zero-order valence-electron chi connectivity index (χ0n) is 58.3. The van der Waals surface area contributed by atoms with Crippen molar-refractivity contribution in [3.63, 3.8) is 0 Å². The first kappa shape index (κ1) is 67.6. The molecular weight excluding hydrogens is 1200 g/mol. The average Bonchev–Trinajstić information content (AvgIpc) is 0.727. The van der Waals surface area contributed by atoms with E-state index in [1.54, 1.807) is 24.3 Å². The molecule has 0 saturated heterocycles. The van der Waals surface area contributed by atoms with Crippen LogP contribution in [0.15, 0.2) is 152 Å². The number of hydrogen-bond donors (Lipinski definition) is 0. The smallest absolute Gasteiger partial charge is 0.337 e. The number of hydrogen-bond acceptors (Lipinski definition) is 12. The molecule has 0 fully saturated rings. The molecule has 494 valence electrons. The first-order valence-corrected chi connectivity index (χ1v) is 32.9. The molecule has 2 aliphatic rings. The minimum Gasteiger partial charge on any atom is -0.489 e. The lowest BCUT2D eigenvalue weighted by Gasteiger charge is -2.29. The Balaban J connectivity index is 0.982. The maximum atomic E-state index is 13.1. The molecule has 8 aromatic carbocycles. The number of carbonyl (C=O) groups excluding carboxylic acids is 4. The van der Waals surface area contributed by atoms with Crippen LogP contribution in [0, 0.1) is 0 Å². The molecule has 0 atom stereocenters. The van der Waals surface area contributed by atoms with Gasteiger partial charge in [-0.1, -0.05) is 156 Å². The third kappa shape index (κ3) is 14.7. The van der Waals surface area contributed by atoms with E-state index < -0.39 is 23.9 Å². The fraction of sp³-hybridized carbons (Fsp3) is 0.321. The van der Waals surface area contributed by atoms with E-state index in [2.05, 4.69) is 156 Å². The van der Waals surface area contributed by atoms with Crippen molar-refractivity contribution >= 4 is 23.9 Å². The van der Waals surface area contributed by atoms with Gasteiger partial charge >= 0.3 is 23.9 Å². The number of aromatic nitrogens is 1. The van der Waals surface area contributed by atoms with Gasteiger partial charge in [0.05, 0.1) is 62.1 Å². The fourth-order valence-corrected chi connectivity index (χ4v) is 12.8. The molecule has 11 rings (SSSR count). The lowest BCUT2D eigenvalue weighted by Crippen LogP contribution is -2.17. The van der Waals surface area contributed by atoms with Crippen molar-refractivity contribution in [1.82, 2.24) is 4.98 Å². The number of aryl methyl sites for hydroxylation is 2. The summed E-state index contributed by atoms with van der Waals surface area (Å²) in [4.78, 5) is 57.9. The topological polar surface area (TPSA) is 146 Å². The highest BCUT2D eigenvalue weighted by Crippen LogP contribution is 2.48. The van der Waals surface area contributed by atoms with E-state index in [1.807, 2.05) is 42.5 Å². The normalized spacial score (nSPS) is 12.7. The molecule has 12 nitrogen and oxygen atoms in total. The van der Waals surface area contributed by atoms with Crippen molar-refractivity contribution in [2.75, 3.05) is 28.4 Å². The minimum atomic E-state index is -0.582. The maximum Gasteiger partial charge on any atom is 0.337 e. The van der Waals surface area contributed by atoms with Crippen LogP contribution in [-0.2, 0) is 86.1 Å². The molecule has 0 saturated carbocycles. The van der Waals surface area contributed by atoms with Crippen molar-refractivity contribution < 1.29 is 52.3 Å². The quantitative estimate of drug-likeness (QED) is 0.0670. The molecule has 2 aliphatic carbocycles. The summed E-state index contributed by atoms with van der Waals surface area (Å²) in [6.45, 7) is 28.0. The van der Waals surface area contributed by atoms with Crippen molar-refractivity contribution in [3.05, 3.63) is 235 Å². The van der Waals surface area contributed by atoms with E-state index in [0.29, 0.717) is 54.4 Å². The molecule has 96 heavy (non-hydrogen) atoms. The molecule has 0 spiro atoms. The van der Waals surface area contributed by atoms with Crippen LogP contribution in [0.5, 0.6) is 17.2 Å². The SMILES string of the molecule is COC(=O)c1cc(C(=O)OC)cc(-c2ccc3c(c2)-c2nc4c(c(-c5ccc(OCc6cc(OCc7cc(C(C)(C)C)cc(C(C)(C)C)c7)cc(OCc7cc(C(C)(C)C)cc(C(C)(C)C)c7)c6)cc5)c2CC3)CCc2ccc(-c3cc(C(=O)OC)cc(C(=O)OC)c3)cc2-4)c1. The second kappa shape index (κ2) is 26.8. The minimum absolute atomic E-state index is 0.0522. The molecular formula is C84H87NO11. The van der Waals surface area contributed by atoms with Crippen molar-refractivity contribution in [1.29, 1.82) is 0 Å². The lowest BCUT2D eigenvalue weighted by molar-refractivity contribution is 0.0581. The second-order valence-corrected chi connectivity index (χ2v) is 29.5. The first-order valence-electron chi connectivity index (χ1n) is 32.9. The third-order valence-electron chi connectivity index (χ3n) is 18.4. The molecule has 0 unspecified atom stereocenters. The van der Waals surface area contributed by atoms with Crippen LogP contribution in [0.25, 0.3) is 55.9 Å². The molecule has 12 heteroatoms. The molecule has 0 radical (unpaired) electrons. The number of esters is 4. The Bertz CT molecular complexity index is 4140. The van der Waals surface area contributed by atoms with Crippen molar-refractivity contribution in [3.8, 4) is 73.1 Å². The number of ether oxygens (including phenoxy) is 7. The average molecular weight is 1290 g/mol. The van der Waals surface area contributed by atoms with E-state index >= 15 is 0 Å². The summed E-state index contributed by atoms with van der Waals surface area (Å²) >= 11 is 0. The second-order valence-electron chi connectivity index (χ2n) is 29.5.